The molecule has 0 heterocycles. The van der Waals surface area contributed by atoms with Crippen molar-refractivity contribution >= 4 is 50.1 Å². The highest BCUT2D eigenvalue weighted by molar-refractivity contribution is 6.13. The van der Waals surface area contributed by atoms with Gasteiger partial charge in [-0.1, -0.05) is 78.9 Å². The van der Waals surface area contributed by atoms with E-state index < -0.39 is 6.04 Å². The normalized spacial score (nSPS) is 12.4. The predicted octanol–water partition coefficient (Wildman–Crippen LogP) is 6.10. The zero-order chi connectivity index (χ0) is 21.9. The molecule has 156 valence electrons. The molecule has 2 N–H and O–H groups in total. The van der Waals surface area contributed by atoms with Gasteiger partial charge in [-0.15, -0.1) is 0 Å². The number of nitrogens with zero attached hydrogens (tertiary/aromatic N) is 1. The van der Waals surface area contributed by atoms with Crippen molar-refractivity contribution in [3.63, 3.8) is 0 Å². The molecule has 5 rings (SSSR count). The quantitative estimate of drug-likeness (QED) is 0.206. The molecule has 0 bridgehead atoms. The summed E-state index contributed by atoms with van der Waals surface area (Å²) in [7, 11) is 0. The smallest absolute Gasteiger partial charge is 0.262 e. The second-order valence-electron chi connectivity index (χ2n) is 7.89. The van der Waals surface area contributed by atoms with Gasteiger partial charge in [0, 0.05) is 11.3 Å². The van der Waals surface area contributed by atoms with Gasteiger partial charge < -0.3 is 5.32 Å². The summed E-state index contributed by atoms with van der Waals surface area (Å²) in [5.41, 5.74) is 4.58. The highest BCUT2D eigenvalue weighted by Gasteiger charge is 2.12. The van der Waals surface area contributed by atoms with E-state index in [1.54, 1.807) is 6.21 Å². The van der Waals surface area contributed by atoms with E-state index in [4.69, 9.17) is 0 Å². The van der Waals surface area contributed by atoms with Crippen molar-refractivity contribution in [2.45, 2.75) is 13.0 Å². The molecule has 32 heavy (non-hydrogen) atoms. The number of hydrogen-bond donors (Lipinski definition) is 2. The van der Waals surface area contributed by atoms with Crippen molar-refractivity contribution in [2.75, 3.05) is 5.32 Å². The fourth-order valence-corrected chi connectivity index (χ4v) is 4.04. The van der Waals surface area contributed by atoms with Crippen LogP contribution < -0.4 is 10.7 Å². The summed E-state index contributed by atoms with van der Waals surface area (Å²) < 4.78 is 0. The third kappa shape index (κ3) is 3.91. The summed E-state index contributed by atoms with van der Waals surface area (Å²) >= 11 is 0. The minimum Gasteiger partial charge on any atom is -0.374 e. The Labute approximate surface area is 186 Å². The van der Waals surface area contributed by atoms with Gasteiger partial charge in [-0.25, -0.2) is 5.43 Å². The van der Waals surface area contributed by atoms with Crippen LogP contribution in [-0.2, 0) is 4.79 Å². The second-order valence-corrected chi connectivity index (χ2v) is 7.89. The van der Waals surface area contributed by atoms with Crippen molar-refractivity contribution in [3.8, 4) is 0 Å². The van der Waals surface area contributed by atoms with E-state index in [2.05, 4.69) is 58.3 Å². The highest BCUT2D eigenvalue weighted by atomic mass is 16.2. The molecule has 0 aromatic heterocycles. The molecule has 0 aliphatic carbocycles. The number of nitrogens with one attached hydrogen (secondary N) is 2. The Balaban J connectivity index is 1.35. The van der Waals surface area contributed by atoms with Gasteiger partial charge in [0.15, 0.2) is 0 Å². The molecular weight excluding hydrogens is 394 g/mol. The van der Waals surface area contributed by atoms with Crippen LogP contribution in [0.25, 0.3) is 32.3 Å². The monoisotopic (exact) mass is 417 g/mol. The van der Waals surface area contributed by atoms with E-state index >= 15 is 0 Å². The summed E-state index contributed by atoms with van der Waals surface area (Å²) in [6.07, 6.45) is 1.74. The minimum atomic E-state index is -0.433. The first-order valence-corrected chi connectivity index (χ1v) is 10.7. The highest BCUT2D eigenvalue weighted by Crippen LogP contribution is 2.27. The van der Waals surface area contributed by atoms with Crippen molar-refractivity contribution < 1.29 is 4.79 Å². The van der Waals surface area contributed by atoms with Crippen LogP contribution in [0.15, 0.2) is 102 Å². The summed E-state index contributed by atoms with van der Waals surface area (Å²) in [5, 5.41) is 14.3. The maximum atomic E-state index is 12.6. The van der Waals surface area contributed by atoms with Crippen molar-refractivity contribution in [1.82, 2.24) is 5.43 Å². The average molecular weight is 418 g/mol. The lowest BCUT2D eigenvalue weighted by molar-refractivity contribution is -0.121. The van der Waals surface area contributed by atoms with E-state index in [-0.39, 0.29) is 5.91 Å². The number of carbonyl (C=O) groups is 1. The Morgan fingerprint density at radius 2 is 1.34 bits per heavy atom. The molecule has 0 radical (unpaired) electrons. The number of amides is 1. The average Bonchev–Trinajstić information content (AvgIpc) is 2.83. The van der Waals surface area contributed by atoms with E-state index in [0.29, 0.717) is 0 Å². The lowest BCUT2D eigenvalue weighted by Crippen LogP contribution is -2.34. The van der Waals surface area contributed by atoms with Gasteiger partial charge >= 0.3 is 0 Å². The van der Waals surface area contributed by atoms with Crippen molar-refractivity contribution in [1.29, 1.82) is 0 Å². The molecule has 5 aromatic carbocycles. The van der Waals surface area contributed by atoms with Crippen LogP contribution in [0.3, 0.4) is 0 Å². The number of anilines is 1. The van der Waals surface area contributed by atoms with Gasteiger partial charge in [0.05, 0.1) is 6.21 Å². The fourth-order valence-electron chi connectivity index (χ4n) is 4.04. The molecule has 1 amide bonds. The first-order valence-electron chi connectivity index (χ1n) is 10.7. The molecule has 1 atom stereocenters. The predicted molar refractivity (Wildman–Crippen MR) is 134 cm³/mol. The lowest BCUT2D eigenvalue weighted by Gasteiger charge is -2.14. The number of rotatable bonds is 5. The van der Waals surface area contributed by atoms with E-state index in [1.165, 1.54) is 5.39 Å². The Bertz CT molecular complexity index is 1420. The number of hydrazone groups is 1. The summed E-state index contributed by atoms with van der Waals surface area (Å²) in [6.45, 7) is 1.83. The summed E-state index contributed by atoms with van der Waals surface area (Å²) in [6, 6.07) is 32.4. The molecule has 0 saturated heterocycles. The Hall–Kier alpha value is -4.18. The maximum Gasteiger partial charge on any atom is 0.262 e. The van der Waals surface area contributed by atoms with Crippen LogP contribution >= 0.6 is 0 Å². The number of fused-ring (bicyclic) bond motifs is 3. The molecule has 1 unspecified atom stereocenters. The molecule has 0 saturated carbocycles. The maximum absolute atomic E-state index is 12.6. The summed E-state index contributed by atoms with van der Waals surface area (Å²) in [5.74, 6) is -0.195. The Morgan fingerprint density at radius 1 is 0.750 bits per heavy atom. The van der Waals surface area contributed by atoms with Gasteiger partial charge in [0.2, 0.25) is 0 Å². The Morgan fingerprint density at radius 3 is 2.03 bits per heavy atom. The van der Waals surface area contributed by atoms with Gasteiger partial charge in [-0.05, 0) is 57.4 Å². The first-order chi connectivity index (χ1) is 15.7. The third-order valence-corrected chi connectivity index (χ3v) is 5.71. The van der Waals surface area contributed by atoms with Crippen LogP contribution in [-0.4, -0.2) is 18.2 Å². The standard InChI is InChI=1S/C28H23N3O/c1-19(30-24-15-14-20-8-2-3-9-21(20)17-24)28(32)31-29-18-27-25-12-6-4-10-22(25)16-23-11-5-7-13-26(23)27/h2-19,30H,1H3,(H,31,32). The lowest BCUT2D eigenvalue weighted by atomic mass is 9.97. The zero-order valence-electron chi connectivity index (χ0n) is 17.7. The number of carbonyl (C=O) groups excluding carboxylic acids is 1. The van der Waals surface area contributed by atoms with E-state index in [9.17, 15) is 4.79 Å². The van der Waals surface area contributed by atoms with Crippen LogP contribution in [0, 0.1) is 0 Å². The van der Waals surface area contributed by atoms with Crippen LogP contribution in [0.4, 0.5) is 5.69 Å². The van der Waals surface area contributed by atoms with Crippen LogP contribution in [0.1, 0.15) is 12.5 Å². The number of benzene rings is 5. The van der Waals surface area contributed by atoms with Crippen molar-refractivity contribution in [2.24, 2.45) is 5.10 Å². The molecule has 0 aliphatic heterocycles. The largest absolute Gasteiger partial charge is 0.374 e. The minimum absolute atomic E-state index is 0.195. The molecule has 0 fully saturated rings. The molecule has 0 aliphatic rings. The fraction of sp³-hybridized carbons (Fsp3) is 0.0714. The van der Waals surface area contributed by atoms with Gasteiger partial charge in [-0.2, -0.15) is 5.10 Å². The van der Waals surface area contributed by atoms with E-state index in [1.807, 2.05) is 61.5 Å². The van der Waals surface area contributed by atoms with Crippen LogP contribution in [0.2, 0.25) is 0 Å². The zero-order valence-corrected chi connectivity index (χ0v) is 17.7. The van der Waals surface area contributed by atoms with Crippen molar-refractivity contribution in [3.05, 3.63) is 103 Å². The molecule has 4 nitrogen and oxygen atoms in total. The van der Waals surface area contributed by atoms with E-state index in [0.717, 1.165) is 38.2 Å². The van der Waals surface area contributed by atoms with Crippen LogP contribution in [0.5, 0.6) is 0 Å². The Kier molecular flexibility index (Phi) is 5.26. The summed E-state index contributed by atoms with van der Waals surface area (Å²) in [4.78, 5) is 12.6. The molecule has 4 heteroatoms. The first kappa shape index (κ1) is 19.8. The molecule has 0 spiro atoms. The van der Waals surface area contributed by atoms with Gasteiger partial charge in [0.25, 0.3) is 5.91 Å². The second kappa shape index (κ2) is 8.52. The van der Waals surface area contributed by atoms with Gasteiger partial charge in [0.1, 0.15) is 6.04 Å². The SMILES string of the molecule is CC(Nc1ccc2ccccc2c1)C(=O)NN=Cc1c2ccccc2cc2ccccc12. The van der Waals surface area contributed by atoms with Gasteiger partial charge in [-0.3, -0.25) is 4.79 Å². The molecule has 5 aromatic rings. The third-order valence-electron chi connectivity index (χ3n) is 5.71. The topological polar surface area (TPSA) is 53.5 Å². The number of hydrogen-bond acceptors (Lipinski definition) is 3. The molecular formula is C28H23N3O.